The molecule has 1 aliphatic heterocycles. The largest absolute Gasteiger partial charge is 0.380 e. The summed E-state index contributed by atoms with van der Waals surface area (Å²) in [5.74, 6) is -1.16. The number of nitrogens with one attached hydrogen (secondary N) is 4. The van der Waals surface area contributed by atoms with E-state index in [1.165, 1.54) is 6.42 Å². The lowest BCUT2D eigenvalue weighted by atomic mass is 10.2. The highest BCUT2D eigenvalue weighted by atomic mass is 31.2. The fraction of sp³-hybridized carbons (Fsp3) is 0.844. The van der Waals surface area contributed by atoms with Crippen molar-refractivity contribution in [2.75, 3.05) is 92.2 Å². The average Bonchev–Trinajstić information content (AvgIpc) is 3.60. The molecule has 1 aliphatic rings. The molecule has 0 radical (unpaired) electrons. The average molecular weight is 726 g/mol. The number of likely N-dealkylation sites (tertiary alicyclic amines) is 1. The molecule has 1 heterocycles. The van der Waals surface area contributed by atoms with Crippen LogP contribution in [0.5, 0.6) is 0 Å². The molecule has 1 unspecified atom stereocenters. The molecule has 0 saturated carbocycles. The van der Waals surface area contributed by atoms with Gasteiger partial charge >= 0.3 is 7.60 Å². The van der Waals surface area contributed by atoms with Gasteiger partial charge in [0.2, 0.25) is 30.0 Å². The SMILES string of the molecule is CC.CCCCCC(=O)N1CC[C@H](OC)C1.CCCCP(=O)(OCC)OCCOCCOCCNC(=O)CNC(=O)CNC(=O)CNC=O. The van der Waals surface area contributed by atoms with Gasteiger partial charge < -0.3 is 49.4 Å². The predicted molar refractivity (Wildman–Crippen MR) is 187 cm³/mol. The molecule has 5 amide bonds. The Balaban J connectivity index is 0. The van der Waals surface area contributed by atoms with Gasteiger partial charge in [0, 0.05) is 33.2 Å². The first-order valence-corrected chi connectivity index (χ1v) is 19.2. The molecular formula is C32H64N5O11P. The summed E-state index contributed by atoms with van der Waals surface area (Å²) in [4.78, 5) is 58.0. The predicted octanol–water partition coefficient (Wildman–Crippen LogP) is 2.00. The monoisotopic (exact) mass is 725 g/mol. The number of amides is 5. The first kappa shape index (κ1) is 48.5. The Hall–Kier alpha value is -2.62. The maximum Gasteiger partial charge on any atom is 0.330 e. The molecule has 17 heteroatoms. The Labute approximate surface area is 293 Å². The summed E-state index contributed by atoms with van der Waals surface area (Å²) in [5, 5.41) is 9.36. The highest BCUT2D eigenvalue weighted by molar-refractivity contribution is 7.53. The zero-order valence-corrected chi connectivity index (χ0v) is 31.6. The lowest BCUT2D eigenvalue weighted by molar-refractivity contribution is -0.130. The standard InChI is InChI=1S/C19H37N4O9P.C11H21NO2.C2H6/c1-3-5-12-33(28,31-4-2)32-11-10-30-9-8-29-7-6-21-18(26)14-23-19(27)15-22-17(25)13-20-16-24;1-3-4-5-6-11(13)12-8-7-10(9-12)14-2;1-2/h16H,3-15H2,1-2H3,(H,20,24)(H,21,26)(H,22,25)(H,23,27);10H,3-9H2,1-2H3;1-2H3/t;10-;/m.0./s1. The second kappa shape index (κ2) is 33.9. The maximum absolute atomic E-state index is 12.4. The zero-order chi connectivity index (χ0) is 37.2. The normalized spacial score (nSPS) is 14.7. The van der Waals surface area contributed by atoms with Crippen molar-refractivity contribution in [3.63, 3.8) is 0 Å². The molecule has 0 aliphatic carbocycles. The molecule has 0 spiro atoms. The van der Waals surface area contributed by atoms with Crippen molar-refractivity contribution in [3.8, 4) is 0 Å². The van der Waals surface area contributed by atoms with Crippen molar-refractivity contribution in [1.82, 2.24) is 26.2 Å². The Kier molecular flexibility index (Phi) is 33.5. The molecule has 0 aromatic heterocycles. The van der Waals surface area contributed by atoms with Gasteiger partial charge in [-0.2, -0.15) is 0 Å². The third kappa shape index (κ3) is 28.9. The topological polar surface area (TPSA) is 200 Å². The molecule has 1 saturated heterocycles. The number of hydrogen-bond acceptors (Lipinski definition) is 11. The number of carbonyl (C=O) groups excluding carboxylic acids is 5. The van der Waals surface area contributed by atoms with Gasteiger partial charge in [0.05, 0.1) is 71.5 Å². The van der Waals surface area contributed by atoms with Crippen molar-refractivity contribution < 1.29 is 51.8 Å². The highest BCUT2D eigenvalue weighted by Crippen LogP contribution is 2.48. The second-order valence-electron chi connectivity index (χ2n) is 10.5. The van der Waals surface area contributed by atoms with E-state index in [0.29, 0.717) is 44.7 Å². The number of hydrogen-bond donors (Lipinski definition) is 4. The van der Waals surface area contributed by atoms with Gasteiger partial charge in [0.1, 0.15) is 0 Å². The molecule has 288 valence electrons. The van der Waals surface area contributed by atoms with Crippen LogP contribution in [0.15, 0.2) is 0 Å². The summed E-state index contributed by atoms with van der Waals surface area (Å²) in [6.45, 7) is 12.7. The molecule has 0 aromatic rings. The molecule has 49 heavy (non-hydrogen) atoms. The molecule has 0 bridgehead atoms. The van der Waals surface area contributed by atoms with Crippen LogP contribution in [-0.4, -0.2) is 133 Å². The summed E-state index contributed by atoms with van der Waals surface area (Å²) >= 11 is 0. The van der Waals surface area contributed by atoms with E-state index in [0.717, 1.165) is 45.2 Å². The van der Waals surface area contributed by atoms with Gasteiger partial charge in [-0.3, -0.25) is 28.5 Å². The van der Waals surface area contributed by atoms with Crippen LogP contribution in [0.2, 0.25) is 0 Å². The van der Waals surface area contributed by atoms with Crippen molar-refractivity contribution in [2.45, 2.75) is 85.7 Å². The van der Waals surface area contributed by atoms with Crippen LogP contribution in [0, 0.1) is 0 Å². The van der Waals surface area contributed by atoms with Crippen molar-refractivity contribution in [1.29, 1.82) is 0 Å². The Bertz CT molecular complexity index is 930. The van der Waals surface area contributed by atoms with E-state index in [9.17, 15) is 28.5 Å². The van der Waals surface area contributed by atoms with Crippen LogP contribution in [0.4, 0.5) is 0 Å². The van der Waals surface area contributed by atoms with Gasteiger partial charge in [-0.25, -0.2) is 0 Å². The molecule has 2 atom stereocenters. The second-order valence-corrected chi connectivity index (χ2v) is 12.7. The maximum atomic E-state index is 12.4. The molecule has 4 N–H and O–H groups in total. The number of nitrogens with zero attached hydrogens (tertiary/aromatic N) is 1. The van der Waals surface area contributed by atoms with E-state index in [2.05, 4.69) is 28.2 Å². The summed E-state index contributed by atoms with van der Waals surface area (Å²) < 4.78 is 38.9. The fourth-order valence-corrected chi connectivity index (χ4v) is 5.83. The highest BCUT2D eigenvalue weighted by Gasteiger charge is 2.25. The minimum Gasteiger partial charge on any atom is -0.380 e. The van der Waals surface area contributed by atoms with Crippen LogP contribution in [0.3, 0.4) is 0 Å². The van der Waals surface area contributed by atoms with Gasteiger partial charge in [0.15, 0.2) is 0 Å². The van der Waals surface area contributed by atoms with E-state index < -0.39 is 25.3 Å². The molecular weight excluding hydrogens is 661 g/mol. The Morgan fingerprint density at radius 3 is 1.96 bits per heavy atom. The molecule has 1 fully saturated rings. The molecule has 1 rings (SSSR count). The zero-order valence-electron chi connectivity index (χ0n) is 30.7. The first-order valence-electron chi connectivity index (χ1n) is 17.5. The van der Waals surface area contributed by atoms with E-state index in [4.69, 9.17) is 23.3 Å². The molecule has 0 aromatic carbocycles. The van der Waals surface area contributed by atoms with E-state index >= 15 is 0 Å². The summed E-state index contributed by atoms with van der Waals surface area (Å²) in [6, 6.07) is 0. The number of ether oxygens (including phenoxy) is 3. The fourth-order valence-electron chi connectivity index (χ4n) is 4.05. The number of methoxy groups -OCH3 is 1. The van der Waals surface area contributed by atoms with Gasteiger partial charge in [0.25, 0.3) is 0 Å². The van der Waals surface area contributed by atoms with Crippen molar-refractivity contribution in [2.24, 2.45) is 0 Å². The first-order chi connectivity index (χ1) is 23.6. The third-order valence-electron chi connectivity index (χ3n) is 6.63. The van der Waals surface area contributed by atoms with Crippen LogP contribution >= 0.6 is 7.60 Å². The van der Waals surface area contributed by atoms with E-state index in [1.807, 2.05) is 25.7 Å². The molecule has 16 nitrogen and oxygen atoms in total. The van der Waals surface area contributed by atoms with Crippen LogP contribution in [0.1, 0.15) is 79.6 Å². The quantitative estimate of drug-likeness (QED) is 0.0549. The van der Waals surface area contributed by atoms with Crippen LogP contribution in [0.25, 0.3) is 0 Å². The summed E-state index contributed by atoms with van der Waals surface area (Å²) in [6.07, 6.45) is 7.79. The smallest absolute Gasteiger partial charge is 0.330 e. The van der Waals surface area contributed by atoms with Crippen molar-refractivity contribution in [3.05, 3.63) is 0 Å². The minimum absolute atomic E-state index is 0.169. The Morgan fingerprint density at radius 1 is 0.796 bits per heavy atom. The summed E-state index contributed by atoms with van der Waals surface area (Å²) in [7, 11) is -1.33. The number of rotatable bonds is 27. The Morgan fingerprint density at radius 2 is 1.39 bits per heavy atom. The van der Waals surface area contributed by atoms with Gasteiger partial charge in [-0.05, 0) is 26.2 Å². The van der Waals surface area contributed by atoms with Crippen LogP contribution < -0.4 is 21.3 Å². The van der Waals surface area contributed by atoms with E-state index in [-0.39, 0.29) is 52.1 Å². The summed E-state index contributed by atoms with van der Waals surface area (Å²) in [5.41, 5.74) is 0. The van der Waals surface area contributed by atoms with Gasteiger partial charge in [-0.15, -0.1) is 0 Å². The van der Waals surface area contributed by atoms with Crippen molar-refractivity contribution >= 4 is 37.6 Å². The number of unbranched alkanes of at least 4 members (excludes halogenated alkanes) is 3. The van der Waals surface area contributed by atoms with Crippen LogP contribution in [-0.2, 0) is 51.8 Å². The third-order valence-corrected chi connectivity index (χ3v) is 8.72. The lowest BCUT2D eigenvalue weighted by Gasteiger charge is -2.17. The van der Waals surface area contributed by atoms with Gasteiger partial charge in [-0.1, -0.05) is 47.0 Å². The van der Waals surface area contributed by atoms with E-state index in [1.54, 1.807) is 14.0 Å². The minimum atomic E-state index is -3.05. The lowest BCUT2D eigenvalue weighted by Crippen LogP contribution is -2.44. The number of carbonyl (C=O) groups is 5.